The highest BCUT2D eigenvalue weighted by Crippen LogP contribution is 2.25. The molecule has 0 spiro atoms. The van der Waals surface area contributed by atoms with Crippen LogP contribution >= 0.6 is 15.9 Å². The number of aryl methyl sites for hydroxylation is 1. The summed E-state index contributed by atoms with van der Waals surface area (Å²) in [4.78, 5) is 4.99. The Morgan fingerprint density at radius 1 is 1.09 bits per heavy atom. The maximum Gasteiger partial charge on any atom is 0.122 e. The molecule has 1 saturated heterocycles. The lowest BCUT2D eigenvalue weighted by atomic mass is 10.1. The average molecular weight is 383 g/mol. The molecule has 23 heavy (non-hydrogen) atoms. The van der Waals surface area contributed by atoms with E-state index in [9.17, 15) is 0 Å². The number of hydrogen-bond donors (Lipinski definition) is 0. The first-order valence-electron chi connectivity index (χ1n) is 9.01. The van der Waals surface area contributed by atoms with E-state index in [1.807, 2.05) is 0 Å². The standard InChI is InChI=1S/C19H31BrN2O/c1-3-4-5-15-23-19-9-8-18(20)16-17(19)7-6-10-22-13-11-21(2)12-14-22/h8-9,16H,3-7,10-15H2,1-2H3. The molecule has 1 fully saturated rings. The van der Waals surface area contributed by atoms with Crippen LogP contribution < -0.4 is 4.74 Å². The van der Waals surface area contributed by atoms with Crippen molar-refractivity contribution in [3.8, 4) is 5.75 Å². The number of likely N-dealkylation sites (N-methyl/N-ethyl adjacent to an activating group) is 1. The molecule has 0 saturated carbocycles. The van der Waals surface area contributed by atoms with Gasteiger partial charge in [-0.2, -0.15) is 0 Å². The number of unbranched alkanes of at least 4 members (excludes halogenated alkanes) is 2. The van der Waals surface area contributed by atoms with Crippen LogP contribution in [0, 0.1) is 0 Å². The number of hydrogen-bond acceptors (Lipinski definition) is 3. The summed E-state index contributed by atoms with van der Waals surface area (Å²) in [5.41, 5.74) is 1.34. The summed E-state index contributed by atoms with van der Waals surface area (Å²) in [5.74, 6) is 1.07. The number of ether oxygens (including phenoxy) is 1. The van der Waals surface area contributed by atoms with Crippen molar-refractivity contribution in [2.75, 3.05) is 46.4 Å². The van der Waals surface area contributed by atoms with Crippen molar-refractivity contribution in [3.63, 3.8) is 0 Å². The van der Waals surface area contributed by atoms with Crippen LogP contribution in [0.25, 0.3) is 0 Å². The molecule has 2 rings (SSSR count). The van der Waals surface area contributed by atoms with E-state index in [-0.39, 0.29) is 0 Å². The van der Waals surface area contributed by atoms with Crippen molar-refractivity contribution >= 4 is 15.9 Å². The average Bonchev–Trinajstić information content (AvgIpc) is 2.55. The zero-order chi connectivity index (χ0) is 16.5. The Labute approximate surface area is 150 Å². The zero-order valence-electron chi connectivity index (χ0n) is 14.7. The summed E-state index contributed by atoms with van der Waals surface area (Å²) in [7, 11) is 2.21. The Bertz CT molecular complexity index is 459. The van der Waals surface area contributed by atoms with Crippen molar-refractivity contribution in [2.24, 2.45) is 0 Å². The third-order valence-electron chi connectivity index (χ3n) is 4.54. The normalized spacial score (nSPS) is 16.7. The molecule has 1 aliphatic rings. The Balaban J connectivity index is 1.79. The number of nitrogens with zero attached hydrogens (tertiary/aromatic N) is 2. The summed E-state index contributed by atoms with van der Waals surface area (Å²) in [6.45, 7) is 9.05. The SMILES string of the molecule is CCCCCOc1ccc(Br)cc1CCCN1CCN(C)CC1. The fraction of sp³-hybridized carbons (Fsp3) is 0.684. The summed E-state index contributed by atoms with van der Waals surface area (Å²) < 4.78 is 7.16. The molecule has 0 aromatic heterocycles. The highest BCUT2D eigenvalue weighted by molar-refractivity contribution is 9.10. The quantitative estimate of drug-likeness (QED) is 0.595. The number of rotatable bonds is 9. The minimum atomic E-state index is 0.834. The molecule has 0 atom stereocenters. The molecule has 130 valence electrons. The van der Waals surface area contributed by atoms with Crippen LogP contribution in [0.15, 0.2) is 22.7 Å². The maximum absolute atomic E-state index is 6.01. The van der Waals surface area contributed by atoms with Crippen LogP contribution in [-0.2, 0) is 6.42 Å². The minimum Gasteiger partial charge on any atom is -0.493 e. The van der Waals surface area contributed by atoms with E-state index >= 15 is 0 Å². The smallest absolute Gasteiger partial charge is 0.122 e. The second-order valence-corrected chi connectivity index (χ2v) is 7.47. The molecule has 0 unspecified atom stereocenters. The summed E-state index contributed by atoms with van der Waals surface area (Å²) >= 11 is 3.59. The van der Waals surface area contributed by atoms with E-state index < -0.39 is 0 Å². The molecule has 0 aliphatic carbocycles. The second-order valence-electron chi connectivity index (χ2n) is 6.56. The summed E-state index contributed by atoms with van der Waals surface area (Å²) in [6.07, 6.45) is 5.92. The first-order chi connectivity index (χ1) is 11.2. The number of benzene rings is 1. The fourth-order valence-electron chi connectivity index (χ4n) is 2.98. The number of piperazine rings is 1. The minimum absolute atomic E-state index is 0.834. The van der Waals surface area contributed by atoms with Crippen LogP contribution in [-0.4, -0.2) is 56.2 Å². The summed E-state index contributed by atoms with van der Waals surface area (Å²) in [5, 5.41) is 0. The predicted octanol–water partition coefficient (Wildman–Crippen LogP) is 4.20. The van der Waals surface area contributed by atoms with E-state index in [2.05, 4.69) is 57.9 Å². The molecule has 4 heteroatoms. The molecule has 1 aromatic rings. The van der Waals surface area contributed by atoms with Gasteiger partial charge in [0.15, 0.2) is 0 Å². The Hall–Kier alpha value is -0.580. The molecule has 0 N–H and O–H groups in total. The largest absolute Gasteiger partial charge is 0.493 e. The van der Waals surface area contributed by atoms with Crippen molar-refractivity contribution < 1.29 is 4.74 Å². The first-order valence-corrected chi connectivity index (χ1v) is 9.80. The lowest BCUT2D eigenvalue weighted by Gasteiger charge is -2.32. The third kappa shape index (κ3) is 6.82. The Morgan fingerprint density at radius 3 is 2.61 bits per heavy atom. The van der Waals surface area contributed by atoms with Gasteiger partial charge in [-0.05, 0) is 56.6 Å². The van der Waals surface area contributed by atoms with Crippen LogP contribution in [0.2, 0.25) is 0 Å². The van der Waals surface area contributed by atoms with Gasteiger partial charge in [0.05, 0.1) is 6.61 Å². The molecule has 0 radical (unpaired) electrons. The van der Waals surface area contributed by atoms with E-state index in [0.29, 0.717) is 0 Å². The highest BCUT2D eigenvalue weighted by Gasteiger charge is 2.13. The predicted molar refractivity (Wildman–Crippen MR) is 101 cm³/mol. The van der Waals surface area contributed by atoms with Crippen molar-refractivity contribution in [1.29, 1.82) is 0 Å². The molecular weight excluding hydrogens is 352 g/mol. The molecule has 1 aliphatic heterocycles. The van der Waals surface area contributed by atoms with Gasteiger partial charge in [-0.15, -0.1) is 0 Å². The molecular formula is C19H31BrN2O. The lowest BCUT2D eigenvalue weighted by molar-refractivity contribution is 0.153. The van der Waals surface area contributed by atoms with Crippen molar-refractivity contribution in [1.82, 2.24) is 9.80 Å². The first kappa shape index (κ1) is 18.8. The monoisotopic (exact) mass is 382 g/mol. The van der Waals surface area contributed by atoms with Gasteiger partial charge in [-0.25, -0.2) is 0 Å². The van der Waals surface area contributed by atoms with Crippen molar-refractivity contribution in [2.45, 2.75) is 39.0 Å². The van der Waals surface area contributed by atoms with E-state index in [1.165, 1.54) is 57.5 Å². The van der Waals surface area contributed by atoms with Gasteiger partial charge >= 0.3 is 0 Å². The molecule has 3 nitrogen and oxygen atoms in total. The molecule has 0 amide bonds. The van der Waals surface area contributed by atoms with E-state index in [4.69, 9.17) is 4.74 Å². The molecule has 1 aromatic carbocycles. The fourth-order valence-corrected chi connectivity index (χ4v) is 3.39. The second kappa shape index (κ2) is 10.3. The Kier molecular flexibility index (Phi) is 8.41. The van der Waals surface area contributed by atoms with Gasteiger partial charge in [0.1, 0.15) is 5.75 Å². The molecule has 0 bridgehead atoms. The van der Waals surface area contributed by atoms with Crippen molar-refractivity contribution in [3.05, 3.63) is 28.2 Å². The van der Waals surface area contributed by atoms with Gasteiger partial charge < -0.3 is 14.5 Å². The van der Waals surface area contributed by atoms with E-state index in [1.54, 1.807) is 0 Å². The van der Waals surface area contributed by atoms with Gasteiger partial charge in [0, 0.05) is 30.7 Å². The van der Waals surface area contributed by atoms with Crippen LogP contribution in [0.4, 0.5) is 0 Å². The van der Waals surface area contributed by atoms with E-state index in [0.717, 1.165) is 29.7 Å². The van der Waals surface area contributed by atoms with Gasteiger partial charge in [-0.3, -0.25) is 0 Å². The molecule has 1 heterocycles. The van der Waals surface area contributed by atoms with Crippen LogP contribution in [0.3, 0.4) is 0 Å². The Morgan fingerprint density at radius 2 is 1.87 bits per heavy atom. The number of halogens is 1. The third-order valence-corrected chi connectivity index (χ3v) is 5.04. The van der Waals surface area contributed by atoms with Crippen LogP contribution in [0.1, 0.15) is 38.2 Å². The van der Waals surface area contributed by atoms with Gasteiger partial charge in [0.25, 0.3) is 0 Å². The van der Waals surface area contributed by atoms with Crippen LogP contribution in [0.5, 0.6) is 5.75 Å². The lowest BCUT2D eigenvalue weighted by Crippen LogP contribution is -2.44. The van der Waals surface area contributed by atoms with Gasteiger partial charge in [0.2, 0.25) is 0 Å². The summed E-state index contributed by atoms with van der Waals surface area (Å²) in [6, 6.07) is 6.42. The highest BCUT2D eigenvalue weighted by atomic mass is 79.9. The zero-order valence-corrected chi connectivity index (χ0v) is 16.3. The maximum atomic E-state index is 6.01. The topological polar surface area (TPSA) is 15.7 Å². The van der Waals surface area contributed by atoms with Gasteiger partial charge in [-0.1, -0.05) is 35.7 Å².